The van der Waals surface area contributed by atoms with Crippen LogP contribution in [-0.4, -0.2) is 11.7 Å². The summed E-state index contributed by atoms with van der Waals surface area (Å²) in [7, 11) is 0. The van der Waals surface area contributed by atoms with Gasteiger partial charge in [-0.25, -0.2) is 4.79 Å². The Morgan fingerprint density at radius 1 is 1.39 bits per heavy atom. The van der Waals surface area contributed by atoms with E-state index in [9.17, 15) is 4.79 Å². The lowest BCUT2D eigenvalue weighted by molar-refractivity contribution is 0.0508. The second-order valence-electron chi connectivity index (χ2n) is 5.32. The van der Waals surface area contributed by atoms with Crippen molar-refractivity contribution in [3.05, 3.63) is 33.8 Å². The fourth-order valence-corrected chi connectivity index (χ4v) is 2.04. The van der Waals surface area contributed by atoms with Crippen LogP contribution in [0.4, 0.5) is 4.79 Å². The highest BCUT2D eigenvalue weighted by molar-refractivity contribution is 9.10. The molecule has 1 aromatic rings. The van der Waals surface area contributed by atoms with Crippen LogP contribution >= 0.6 is 15.9 Å². The molecule has 1 atom stereocenters. The molecular formula is C14H20BrNO2. The van der Waals surface area contributed by atoms with E-state index in [4.69, 9.17) is 4.74 Å². The van der Waals surface area contributed by atoms with E-state index in [1.165, 1.54) is 0 Å². The van der Waals surface area contributed by atoms with Gasteiger partial charge in [-0.05, 0) is 51.8 Å². The molecule has 0 fully saturated rings. The Bertz CT molecular complexity index is 438. The highest BCUT2D eigenvalue weighted by atomic mass is 79.9. The maximum Gasteiger partial charge on any atom is 0.408 e. The first kappa shape index (κ1) is 15.0. The average molecular weight is 314 g/mol. The Balaban J connectivity index is 2.74. The number of nitrogens with one attached hydrogen (secondary N) is 1. The van der Waals surface area contributed by atoms with Crippen molar-refractivity contribution in [2.75, 3.05) is 0 Å². The second-order valence-corrected chi connectivity index (χ2v) is 6.18. The zero-order chi connectivity index (χ0) is 13.9. The summed E-state index contributed by atoms with van der Waals surface area (Å²) in [6.45, 7) is 9.51. The van der Waals surface area contributed by atoms with Gasteiger partial charge in [0.05, 0.1) is 6.04 Å². The van der Waals surface area contributed by atoms with Crippen LogP contribution in [0.15, 0.2) is 22.7 Å². The van der Waals surface area contributed by atoms with E-state index >= 15 is 0 Å². The average Bonchev–Trinajstić information content (AvgIpc) is 2.18. The van der Waals surface area contributed by atoms with Crippen molar-refractivity contribution in [2.45, 2.75) is 46.3 Å². The van der Waals surface area contributed by atoms with E-state index in [2.05, 4.69) is 21.2 Å². The number of ether oxygens (including phenoxy) is 1. The van der Waals surface area contributed by atoms with Gasteiger partial charge in [0.15, 0.2) is 0 Å². The minimum absolute atomic E-state index is 0.0858. The number of hydrogen-bond acceptors (Lipinski definition) is 2. The van der Waals surface area contributed by atoms with Gasteiger partial charge in [0, 0.05) is 4.47 Å². The Morgan fingerprint density at radius 2 is 2.00 bits per heavy atom. The van der Waals surface area contributed by atoms with Gasteiger partial charge in [-0.1, -0.05) is 28.1 Å². The van der Waals surface area contributed by atoms with Crippen LogP contribution in [0, 0.1) is 6.92 Å². The SMILES string of the molecule is Cc1c(Br)cccc1[C@H](C)NC(=O)OC(C)(C)C. The molecule has 0 saturated carbocycles. The monoisotopic (exact) mass is 313 g/mol. The summed E-state index contributed by atoms with van der Waals surface area (Å²) in [5.41, 5.74) is 1.73. The molecule has 0 spiro atoms. The molecule has 0 heterocycles. The molecule has 0 bridgehead atoms. The van der Waals surface area contributed by atoms with Crippen molar-refractivity contribution in [3.8, 4) is 0 Å². The maximum atomic E-state index is 11.7. The van der Waals surface area contributed by atoms with Crippen LogP contribution in [0.2, 0.25) is 0 Å². The summed E-state index contributed by atoms with van der Waals surface area (Å²) in [5, 5.41) is 2.84. The van der Waals surface area contributed by atoms with Gasteiger partial charge < -0.3 is 10.1 Å². The van der Waals surface area contributed by atoms with E-state index in [1.54, 1.807) is 0 Å². The minimum Gasteiger partial charge on any atom is -0.444 e. The normalized spacial score (nSPS) is 13.0. The fourth-order valence-electron chi connectivity index (χ4n) is 1.66. The van der Waals surface area contributed by atoms with Crippen LogP contribution < -0.4 is 5.32 Å². The molecule has 1 aromatic carbocycles. The van der Waals surface area contributed by atoms with E-state index in [1.807, 2.05) is 52.8 Å². The summed E-state index contributed by atoms with van der Waals surface area (Å²) in [5.74, 6) is 0. The lowest BCUT2D eigenvalue weighted by atomic mass is 10.0. The summed E-state index contributed by atoms with van der Waals surface area (Å²) >= 11 is 3.49. The minimum atomic E-state index is -0.476. The Hall–Kier alpha value is -1.03. The lowest BCUT2D eigenvalue weighted by Gasteiger charge is -2.23. The second kappa shape index (κ2) is 5.74. The van der Waals surface area contributed by atoms with Crippen LogP contribution in [0.1, 0.15) is 44.9 Å². The zero-order valence-corrected chi connectivity index (χ0v) is 13.1. The molecule has 0 saturated heterocycles. The summed E-state index contributed by atoms with van der Waals surface area (Å²) in [4.78, 5) is 11.7. The quantitative estimate of drug-likeness (QED) is 0.881. The molecule has 0 aliphatic heterocycles. The van der Waals surface area contributed by atoms with Gasteiger partial charge >= 0.3 is 6.09 Å². The molecule has 3 nitrogen and oxygen atoms in total. The number of amides is 1. The van der Waals surface area contributed by atoms with Crippen LogP contribution in [0.5, 0.6) is 0 Å². The van der Waals surface area contributed by atoms with Gasteiger partial charge in [0.25, 0.3) is 0 Å². The van der Waals surface area contributed by atoms with Crippen LogP contribution in [0.25, 0.3) is 0 Å². The number of halogens is 1. The lowest BCUT2D eigenvalue weighted by Crippen LogP contribution is -2.34. The molecule has 18 heavy (non-hydrogen) atoms. The van der Waals surface area contributed by atoms with Gasteiger partial charge in [0.2, 0.25) is 0 Å². The summed E-state index contributed by atoms with van der Waals surface area (Å²) in [6, 6.07) is 5.86. The number of carbonyl (C=O) groups excluding carboxylic acids is 1. The van der Waals surface area contributed by atoms with E-state index in [-0.39, 0.29) is 6.04 Å². The van der Waals surface area contributed by atoms with E-state index in [0.717, 1.165) is 15.6 Å². The highest BCUT2D eigenvalue weighted by Gasteiger charge is 2.19. The van der Waals surface area contributed by atoms with Crippen LogP contribution in [0.3, 0.4) is 0 Å². The van der Waals surface area contributed by atoms with Gasteiger partial charge in [-0.3, -0.25) is 0 Å². The first-order chi connectivity index (χ1) is 8.20. The fraction of sp³-hybridized carbons (Fsp3) is 0.500. The molecule has 1 N–H and O–H groups in total. The molecule has 0 unspecified atom stereocenters. The Labute approximate surface area is 117 Å². The molecule has 0 aliphatic rings. The molecule has 4 heteroatoms. The number of hydrogen-bond donors (Lipinski definition) is 1. The molecular weight excluding hydrogens is 294 g/mol. The third-order valence-electron chi connectivity index (χ3n) is 2.51. The van der Waals surface area contributed by atoms with Crippen molar-refractivity contribution in [1.82, 2.24) is 5.32 Å². The molecule has 1 rings (SSSR count). The maximum absolute atomic E-state index is 11.7. The standard InChI is InChI=1S/C14H20BrNO2/c1-9-11(7-6-8-12(9)15)10(2)16-13(17)18-14(3,4)5/h6-8,10H,1-5H3,(H,16,17)/t10-/m0/s1. The number of carbonyl (C=O) groups is 1. The number of benzene rings is 1. The van der Waals surface area contributed by atoms with Crippen molar-refractivity contribution < 1.29 is 9.53 Å². The smallest absolute Gasteiger partial charge is 0.408 e. The van der Waals surface area contributed by atoms with Gasteiger partial charge in [-0.2, -0.15) is 0 Å². The Morgan fingerprint density at radius 3 is 2.56 bits per heavy atom. The largest absolute Gasteiger partial charge is 0.444 e. The number of rotatable bonds is 2. The molecule has 0 radical (unpaired) electrons. The van der Waals surface area contributed by atoms with E-state index < -0.39 is 11.7 Å². The van der Waals surface area contributed by atoms with Crippen molar-refractivity contribution in [2.24, 2.45) is 0 Å². The Kier molecular flexibility index (Phi) is 4.79. The molecule has 0 aromatic heterocycles. The van der Waals surface area contributed by atoms with Crippen molar-refractivity contribution in [1.29, 1.82) is 0 Å². The molecule has 1 amide bonds. The zero-order valence-electron chi connectivity index (χ0n) is 11.5. The first-order valence-corrected chi connectivity index (χ1v) is 6.74. The van der Waals surface area contributed by atoms with E-state index in [0.29, 0.717) is 0 Å². The third-order valence-corrected chi connectivity index (χ3v) is 3.37. The third kappa shape index (κ3) is 4.33. The van der Waals surface area contributed by atoms with Gasteiger partial charge in [-0.15, -0.1) is 0 Å². The predicted molar refractivity (Wildman–Crippen MR) is 76.7 cm³/mol. The molecule has 100 valence electrons. The van der Waals surface area contributed by atoms with Crippen molar-refractivity contribution >= 4 is 22.0 Å². The van der Waals surface area contributed by atoms with Crippen LogP contribution in [-0.2, 0) is 4.74 Å². The predicted octanol–water partition coefficient (Wildman–Crippen LogP) is 4.34. The van der Waals surface area contributed by atoms with Crippen molar-refractivity contribution in [3.63, 3.8) is 0 Å². The number of alkyl carbamates (subject to hydrolysis) is 1. The first-order valence-electron chi connectivity index (χ1n) is 5.95. The summed E-state index contributed by atoms with van der Waals surface area (Å²) in [6.07, 6.45) is -0.394. The highest BCUT2D eigenvalue weighted by Crippen LogP contribution is 2.24. The van der Waals surface area contributed by atoms with Gasteiger partial charge in [0.1, 0.15) is 5.60 Å². The topological polar surface area (TPSA) is 38.3 Å². The molecule has 0 aliphatic carbocycles. The summed E-state index contributed by atoms with van der Waals surface area (Å²) < 4.78 is 6.28.